The number of nitrogens with zero attached hydrogens (tertiary/aromatic N) is 2. The molecule has 1 aromatic rings. The van der Waals surface area contributed by atoms with Crippen LogP contribution in [-0.4, -0.2) is 37.6 Å². The molecule has 3 nitrogen and oxygen atoms in total. The van der Waals surface area contributed by atoms with Crippen molar-refractivity contribution in [2.75, 3.05) is 11.5 Å². The molecule has 5 heteroatoms. The lowest BCUT2D eigenvalue weighted by Gasteiger charge is -2.26. The van der Waals surface area contributed by atoms with Crippen molar-refractivity contribution in [3.8, 4) is 0 Å². The molecular weight excluding hydrogens is 264 g/mol. The molecule has 2 heterocycles. The summed E-state index contributed by atoms with van der Waals surface area (Å²) in [6.07, 6.45) is 1.44. The van der Waals surface area contributed by atoms with Crippen molar-refractivity contribution in [3.05, 3.63) is 17.5 Å². The fourth-order valence-corrected chi connectivity index (χ4v) is 4.91. The second kappa shape index (κ2) is 6.15. The summed E-state index contributed by atoms with van der Waals surface area (Å²) in [5.41, 5.74) is 2.11. The summed E-state index contributed by atoms with van der Waals surface area (Å²) in [7, 11) is 1.92. The van der Waals surface area contributed by atoms with Crippen molar-refractivity contribution < 1.29 is 4.79 Å². The second-order valence-corrected chi connectivity index (χ2v) is 7.35. The highest BCUT2D eigenvalue weighted by atomic mass is 32.2. The standard InChI is InChI=1S/C13H20N2OS2/c1-4-10-7-11(15(3)14-10)8-12(16)13-9(2)17-5-6-18-13/h7,9,13H,4-6,8H2,1-3H3. The molecule has 2 atom stereocenters. The lowest BCUT2D eigenvalue weighted by atomic mass is 10.1. The van der Waals surface area contributed by atoms with Gasteiger partial charge in [0.25, 0.3) is 0 Å². The first-order valence-corrected chi connectivity index (χ1v) is 8.49. The predicted octanol–water partition coefficient (Wildman–Crippen LogP) is 2.33. The van der Waals surface area contributed by atoms with Crippen molar-refractivity contribution in [1.29, 1.82) is 0 Å². The van der Waals surface area contributed by atoms with Crippen LogP contribution in [0.5, 0.6) is 0 Å². The van der Waals surface area contributed by atoms with Gasteiger partial charge in [0, 0.05) is 35.9 Å². The number of thioether (sulfide) groups is 2. The number of aromatic nitrogens is 2. The highest BCUT2D eigenvalue weighted by Crippen LogP contribution is 2.32. The molecule has 18 heavy (non-hydrogen) atoms. The number of hydrogen-bond donors (Lipinski definition) is 0. The molecule has 0 aromatic carbocycles. The monoisotopic (exact) mass is 284 g/mol. The van der Waals surface area contributed by atoms with Crippen molar-refractivity contribution in [1.82, 2.24) is 9.78 Å². The van der Waals surface area contributed by atoms with Crippen LogP contribution < -0.4 is 0 Å². The third kappa shape index (κ3) is 3.12. The maximum absolute atomic E-state index is 12.4. The van der Waals surface area contributed by atoms with E-state index >= 15 is 0 Å². The van der Waals surface area contributed by atoms with Gasteiger partial charge in [-0.3, -0.25) is 9.48 Å². The van der Waals surface area contributed by atoms with Crippen molar-refractivity contribution in [3.63, 3.8) is 0 Å². The van der Waals surface area contributed by atoms with Gasteiger partial charge in [0.1, 0.15) is 0 Å². The van der Waals surface area contributed by atoms with Gasteiger partial charge >= 0.3 is 0 Å². The highest BCUT2D eigenvalue weighted by molar-refractivity contribution is 8.07. The molecule has 0 bridgehead atoms. The Morgan fingerprint density at radius 2 is 2.22 bits per heavy atom. The van der Waals surface area contributed by atoms with Crippen LogP contribution in [0.15, 0.2) is 6.07 Å². The maximum atomic E-state index is 12.4. The van der Waals surface area contributed by atoms with Gasteiger partial charge in [-0.25, -0.2) is 0 Å². The molecule has 1 saturated heterocycles. The number of hydrogen-bond acceptors (Lipinski definition) is 4. The lowest BCUT2D eigenvalue weighted by molar-refractivity contribution is -0.118. The van der Waals surface area contributed by atoms with E-state index in [1.54, 1.807) is 0 Å². The zero-order valence-corrected chi connectivity index (χ0v) is 12.8. The third-order valence-electron chi connectivity index (χ3n) is 3.25. The number of carbonyl (C=O) groups excluding carboxylic acids is 1. The Bertz CT molecular complexity index is 431. The Morgan fingerprint density at radius 3 is 2.83 bits per heavy atom. The Morgan fingerprint density at radius 1 is 1.50 bits per heavy atom. The first-order chi connectivity index (χ1) is 8.61. The van der Waals surface area contributed by atoms with Crippen LogP contribution in [0.3, 0.4) is 0 Å². The van der Waals surface area contributed by atoms with Gasteiger partial charge in [-0.05, 0) is 12.5 Å². The molecule has 0 aliphatic carbocycles. The molecular formula is C13H20N2OS2. The van der Waals surface area contributed by atoms with Crippen LogP contribution in [-0.2, 0) is 24.7 Å². The smallest absolute Gasteiger partial charge is 0.152 e. The zero-order valence-electron chi connectivity index (χ0n) is 11.2. The van der Waals surface area contributed by atoms with Crippen LogP contribution in [0, 0.1) is 0 Å². The molecule has 0 amide bonds. The molecule has 2 unspecified atom stereocenters. The molecule has 1 aliphatic heterocycles. The van der Waals surface area contributed by atoms with Crippen LogP contribution in [0.25, 0.3) is 0 Å². The SMILES string of the molecule is CCc1cc(CC(=O)C2SCCSC2C)n(C)n1. The van der Waals surface area contributed by atoms with E-state index in [0.29, 0.717) is 17.5 Å². The van der Waals surface area contributed by atoms with Gasteiger partial charge in [0.15, 0.2) is 5.78 Å². The largest absolute Gasteiger partial charge is 0.298 e. The molecule has 0 spiro atoms. The first kappa shape index (κ1) is 14.0. The van der Waals surface area contributed by atoms with Gasteiger partial charge in [-0.15, -0.1) is 11.8 Å². The van der Waals surface area contributed by atoms with Gasteiger partial charge in [-0.1, -0.05) is 13.8 Å². The summed E-state index contributed by atoms with van der Waals surface area (Å²) in [6, 6.07) is 2.06. The Kier molecular flexibility index (Phi) is 4.78. The lowest BCUT2D eigenvalue weighted by Crippen LogP contribution is -2.32. The number of ketones is 1. The molecule has 0 radical (unpaired) electrons. The van der Waals surface area contributed by atoms with E-state index in [1.165, 1.54) is 5.75 Å². The summed E-state index contributed by atoms with van der Waals surface area (Å²) < 4.78 is 1.85. The van der Waals surface area contributed by atoms with Gasteiger partial charge in [0.05, 0.1) is 10.9 Å². The average molecular weight is 284 g/mol. The molecule has 100 valence electrons. The van der Waals surface area contributed by atoms with Gasteiger partial charge < -0.3 is 0 Å². The highest BCUT2D eigenvalue weighted by Gasteiger charge is 2.29. The molecule has 1 aliphatic rings. The Hall–Kier alpha value is -0.420. The van der Waals surface area contributed by atoms with Crippen molar-refractivity contribution in [2.24, 2.45) is 7.05 Å². The van der Waals surface area contributed by atoms with E-state index in [2.05, 4.69) is 25.0 Å². The van der Waals surface area contributed by atoms with Gasteiger partial charge in [0.2, 0.25) is 0 Å². The second-order valence-electron chi connectivity index (χ2n) is 4.61. The van der Waals surface area contributed by atoms with E-state index in [9.17, 15) is 4.79 Å². The number of aryl methyl sites for hydroxylation is 2. The van der Waals surface area contributed by atoms with E-state index < -0.39 is 0 Å². The fourth-order valence-electron chi connectivity index (χ4n) is 2.18. The minimum Gasteiger partial charge on any atom is -0.298 e. The zero-order chi connectivity index (χ0) is 13.1. The fraction of sp³-hybridized carbons (Fsp3) is 0.692. The van der Waals surface area contributed by atoms with Crippen LogP contribution >= 0.6 is 23.5 Å². The average Bonchev–Trinajstić information content (AvgIpc) is 2.70. The molecule has 1 aromatic heterocycles. The predicted molar refractivity (Wildman–Crippen MR) is 79.5 cm³/mol. The van der Waals surface area contributed by atoms with Crippen molar-refractivity contribution in [2.45, 2.75) is 37.2 Å². The van der Waals surface area contributed by atoms with E-state index in [1.807, 2.05) is 35.3 Å². The number of carbonyl (C=O) groups is 1. The summed E-state index contributed by atoms with van der Waals surface area (Å²) in [6.45, 7) is 4.25. The number of Topliss-reactive ketones (excluding diaryl/α,β-unsaturated/α-hetero) is 1. The van der Waals surface area contributed by atoms with Gasteiger partial charge in [-0.2, -0.15) is 16.9 Å². The minimum atomic E-state index is 0.156. The van der Waals surface area contributed by atoms with E-state index in [0.717, 1.165) is 23.6 Å². The topological polar surface area (TPSA) is 34.9 Å². The molecule has 2 rings (SSSR count). The van der Waals surface area contributed by atoms with E-state index in [4.69, 9.17) is 0 Å². The Labute approximate surface area is 117 Å². The molecule has 0 N–H and O–H groups in total. The molecule has 0 saturated carbocycles. The van der Waals surface area contributed by atoms with Crippen LogP contribution in [0.2, 0.25) is 0 Å². The summed E-state index contributed by atoms with van der Waals surface area (Å²) in [5.74, 6) is 2.61. The van der Waals surface area contributed by atoms with Crippen LogP contribution in [0.1, 0.15) is 25.2 Å². The number of rotatable bonds is 4. The van der Waals surface area contributed by atoms with Crippen molar-refractivity contribution >= 4 is 29.3 Å². The van der Waals surface area contributed by atoms with Crippen LogP contribution in [0.4, 0.5) is 0 Å². The van der Waals surface area contributed by atoms with E-state index in [-0.39, 0.29) is 5.25 Å². The quantitative estimate of drug-likeness (QED) is 0.850. The summed E-state index contributed by atoms with van der Waals surface area (Å²) in [5, 5.41) is 4.99. The first-order valence-electron chi connectivity index (χ1n) is 6.39. The Balaban J connectivity index is 2.03. The summed E-state index contributed by atoms with van der Waals surface area (Å²) >= 11 is 3.73. The molecule has 1 fully saturated rings. The summed E-state index contributed by atoms with van der Waals surface area (Å²) in [4.78, 5) is 12.4. The minimum absolute atomic E-state index is 0.156. The maximum Gasteiger partial charge on any atom is 0.152 e. The normalized spacial score (nSPS) is 24.2. The third-order valence-corrected chi connectivity index (χ3v) is 6.39.